The number of anilines is 1. The molecule has 3 heterocycles. The number of hydrogen-bond acceptors (Lipinski definition) is 9. The second-order valence-corrected chi connectivity index (χ2v) is 7.98. The number of carbonyl (C=O) groups is 1. The van der Waals surface area contributed by atoms with Crippen molar-refractivity contribution in [3.63, 3.8) is 0 Å². The molecule has 1 aliphatic rings. The van der Waals surface area contributed by atoms with Crippen molar-refractivity contribution in [3.8, 4) is 5.95 Å². The summed E-state index contributed by atoms with van der Waals surface area (Å²) in [5.74, 6) is 0.404. The Kier molecular flexibility index (Phi) is 5.25. The number of nitrogens with two attached hydrogens (primary N) is 1. The van der Waals surface area contributed by atoms with Crippen LogP contribution in [0.15, 0.2) is 42.5 Å². The second-order valence-electron chi connectivity index (χ2n) is 7.98. The quantitative estimate of drug-likeness (QED) is 0.289. The lowest BCUT2D eigenvalue weighted by Gasteiger charge is -2.13. The van der Waals surface area contributed by atoms with Crippen molar-refractivity contribution < 1.29 is 14.8 Å². The lowest BCUT2D eigenvalue weighted by molar-refractivity contribution is 0.100. The molecule has 1 aliphatic heterocycles. The standard InChI is InChI=1S/C21H21BN8O3/c1-29-10-15-16(11-29)25-21(30-17-7-3-6-14(19(23)31)18(17)27-28-30)26-20(15)24-9-12-4-2-5-13(8-12)22(32)33/h2-8,32-33H,9-11H2,1H3,(H2,23,31)(H,24,25,26). The minimum Gasteiger partial charge on any atom is -0.423 e. The van der Waals surface area contributed by atoms with Gasteiger partial charge in [-0.25, -0.2) is 4.98 Å². The van der Waals surface area contributed by atoms with E-state index < -0.39 is 13.0 Å². The van der Waals surface area contributed by atoms with Crippen LogP contribution in [0.3, 0.4) is 0 Å². The minimum absolute atomic E-state index is 0.281. The number of amides is 1. The number of benzene rings is 2. The lowest BCUT2D eigenvalue weighted by atomic mass is 9.80. The Morgan fingerprint density at radius 1 is 1.18 bits per heavy atom. The molecule has 0 saturated heterocycles. The van der Waals surface area contributed by atoms with Crippen LogP contribution in [-0.4, -0.2) is 60.0 Å². The normalized spacial score (nSPS) is 13.3. The maximum absolute atomic E-state index is 11.8. The summed E-state index contributed by atoms with van der Waals surface area (Å²) in [6, 6.07) is 12.1. The van der Waals surface area contributed by atoms with Crippen LogP contribution in [0.2, 0.25) is 0 Å². The number of nitrogens with zero attached hydrogens (tertiary/aromatic N) is 6. The molecule has 4 aromatic rings. The fraction of sp³-hybridized carbons (Fsp3) is 0.190. The summed E-state index contributed by atoms with van der Waals surface area (Å²) in [4.78, 5) is 23.3. The van der Waals surface area contributed by atoms with Crippen LogP contribution in [0, 0.1) is 0 Å². The first-order valence-electron chi connectivity index (χ1n) is 10.3. The number of carbonyl (C=O) groups excluding carboxylic acids is 1. The van der Waals surface area contributed by atoms with Gasteiger partial charge in [0.15, 0.2) is 0 Å². The molecular formula is C21H21BN8O3. The van der Waals surface area contributed by atoms with E-state index in [0.29, 0.717) is 47.9 Å². The van der Waals surface area contributed by atoms with Crippen molar-refractivity contribution in [2.75, 3.05) is 12.4 Å². The van der Waals surface area contributed by atoms with Crippen molar-refractivity contribution in [3.05, 3.63) is 64.8 Å². The Bertz CT molecular complexity index is 1370. The molecule has 33 heavy (non-hydrogen) atoms. The molecule has 0 aliphatic carbocycles. The van der Waals surface area contributed by atoms with E-state index in [2.05, 4.69) is 20.5 Å². The van der Waals surface area contributed by atoms with Gasteiger partial charge in [-0.1, -0.05) is 35.5 Å². The maximum Gasteiger partial charge on any atom is 0.488 e. The average Bonchev–Trinajstić information content (AvgIpc) is 3.40. The number of hydrogen-bond donors (Lipinski definition) is 4. The molecule has 11 nitrogen and oxygen atoms in total. The topological polar surface area (TPSA) is 155 Å². The first kappa shape index (κ1) is 21.0. The third-order valence-electron chi connectivity index (χ3n) is 5.57. The summed E-state index contributed by atoms with van der Waals surface area (Å²) < 4.78 is 1.49. The predicted octanol–water partition coefficient (Wildman–Crippen LogP) is -0.453. The fourth-order valence-corrected chi connectivity index (χ4v) is 3.98. The van der Waals surface area contributed by atoms with Gasteiger partial charge in [0, 0.05) is 25.2 Å². The summed E-state index contributed by atoms with van der Waals surface area (Å²) in [7, 11) is 0.473. The van der Waals surface area contributed by atoms with E-state index in [1.165, 1.54) is 4.68 Å². The molecule has 1 amide bonds. The van der Waals surface area contributed by atoms with E-state index in [1.807, 2.05) is 13.1 Å². The smallest absolute Gasteiger partial charge is 0.423 e. The zero-order chi connectivity index (χ0) is 23.1. The van der Waals surface area contributed by atoms with Crippen LogP contribution in [0.5, 0.6) is 0 Å². The molecule has 0 fully saturated rings. The third-order valence-corrected chi connectivity index (χ3v) is 5.57. The Labute approximate surface area is 189 Å². The Morgan fingerprint density at radius 3 is 2.79 bits per heavy atom. The van der Waals surface area contributed by atoms with E-state index in [0.717, 1.165) is 16.8 Å². The molecule has 5 rings (SSSR count). The fourth-order valence-electron chi connectivity index (χ4n) is 3.98. The molecular weight excluding hydrogens is 423 g/mol. The van der Waals surface area contributed by atoms with E-state index >= 15 is 0 Å². The molecule has 0 spiro atoms. The highest BCUT2D eigenvalue weighted by Gasteiger charge is 2.25. The van der Waals surface area contributed by atoms with Crippen molar-refractivity contribution >= 4 is 35.3 Å². The van der Waals surface area contributed by atoms with Crippen LogP contribution in [0.4, 0.5) is 5.82 Å². The Balaban J connectivity index is 1.54. The van der Waals surface area contributed by atoms with Gasteiger partial charge in [-0.05, 0) is 30.2 Å². The van der Waals surface area contributed by atoms with Crippen molar-refractivity contribution in [1.29, 1.82) is 0 Å². The van der Waals surface area contributed by atoms with E-state index in [-0.39, 0.29) is 5.56 Å². The SMILES string of the molecule is CN1Cc2nc(-n3nnc4c(C(N)=O)cccc43)nc(NCc3cccc(B(O)O)c3)c2C1. The van der Waals surface area contributed by atoms with Crippen molar-refractivity contribution in [2.45, 2.75) is 19.6 Å². The molecule has 12 heteroatoms. The molecule has 0 unspecified atom stereocenters. The number of primary amides is 1. The van der Waals surface area contributed by atoms with Crippen molar-refractivity contribution in [2.24, 2.45) is 5.73 Å². The first-order chi connectivity index (χ1) is 15.9. The van der Waals surface area contributed by atoms with Gasteiger partial charge in [0.1, 0.15) is 11.3 Å². The monoisotopic (exact) mass is 444 g/mol. The number of fused-ring (bicyclic) bond motifs is 2. The molecule has 5 N–H and O–H groups in total. The van der Waals surface area contributed by atoms with Crippen LogP contribution in [0.1, 0.15) is 27.2 Å². The summed E-state index contributed by atoms with van der Waals surface area (Å²) in [5, 5.41) is 30.5. The summed E-state index contributed by atoms with van der Waals surface area (Å²) in [6.45, 7) is 1.78. The molecule has 0 atom stereocenters. The van der Waals surface area contributed by atoms with Crippen LogP contribution < -0.4 is 16.5 Å². The maximum atomic E-state index is 11.8. The van der Waals surface area contributed by atoms with Gasteiger partial charge in [-0.15, -0.1) is 5.10 Å². The predicted molar refractivity (Wildman–Crippen MR) is 122 cm³/mol. The molecule has 0 radical (unpaired) electrons. The van der Waals surface area contributed by atoms with Gasteiger partial charge in [0.05, 0.1) is 16.8 Å². The highest BCUT2D eigenvalue weighted by Crippen LogP contribution is 2.28. The van der Waals surface area contributed by atoms with E-state index in [1.54, 1.807) is 36.4 Å². The van der Waals surface area contributed by atoms with Gasteiger partial charge >= 0.3 is 7.12 Å². The second kappa shape index (κ2) is 8.24. The number of rotatable bonds is 6. The molecule has 0 bridgehead atoms. The van der Waals surface area contributed by atoms with Gasteiger partial charge in [-0.2, -0.15) is 9.67 Å². The molecule has 2 aromatic carbocycles. The zero-order valence-electron chi connectivity index (χ0n) is 17.8. The number of aromatic nitrogens is 5. The van der Waals surface area contributed by atoms with Crippen LogP contribution in [-0.2, 0) is 19.6 Å². The lowest BCUT2D eigenvalue weighted by Crippen LogP contribution is -2.30. The largest absolute Gasteiger partial charge is 0.488 e. The highest BCUT2D eigenvalue weighted by molar-refractivity contribution is 6.58. The van der Waals surface area contributed by atoms with Gasteiger partial charge in [0.2, 0.25) is 0 Å². The van der Waals surface area contributed by atoms with E-state index in [4.69, 9.17) is 15.7 Å². The summed E-state index contributed by atoms with van der Waals surface area (Å²) >= 11 is 0. The summed E-state index contributed by atoms with van der Waals surface area (Å²) in [5.41, 5.74) is 9.87. The molecule has 0 saturated carbocycles. The van der Waals surface area contributed by atoms with Gasteiger partial charge in [0.25, 0.3) is 11.9 Å². The zero-order valence-corrected chi connectivity index (χ0v) is 17.8. The number of nitrogens with one attached hydrogen (secondary N) is 1. The molecule has 166 valence electrons. The summed E-state index contributed by atoms with van der Waals surface area (Å²) in [6.07, 6.45) is 0. The van der Waals surface area contributed by atoms with Gasteiger partial charge in [-0.3, -0.25) is 9.69 Å². The van der Waals surface area contributed by atoms with Crippen LogP contribution >= 0.6 is 0 Å². The Hall–Kier alpha value is -3.87. The van der Waals surface area contributed by atoms with Gasteiger partial charge < -0.3 is 21.1 Å². The average molecular weight is 444 g/mol. The van der Waals surface area contributed by atoms with Crippen LogP contribution in [0.25, 0.3) is 17.0 Å². The van der Waals surface area contributed by atoms with E-state index in [9.17, 15) is 14.8 Å². The molecule has 2 aromatic heterocycles. The minimum atomic E-state index is -1.53. The highest BCUT2D eigenvalue weighted by atomic mass is 16.4. The first-order valence-corrected chi connectivity index (χ1v) is 10.3. The Morgan fingerprint density at radius 2 is 2.00 bits per heavy atom. The third kappa shape index (κ3) is 3.91. The van der Waals surface area contributed by atoms with Crippen molar-refractivity contribution in [1.82, 2.24) is 29.9 Å².